The monoisotopic (exact) mass is 243 g/mol. The number of carbonyl (C=O) groups is 1. The molecule has 1 aliphatic heterocycles. The highest BCUT2D eigenvalue weighted by Gasteiger charge is 2.23. The molecule has 1 saturated heterocycles. The van der Waals surface area contributed by atoms with Gasteiger partial charge in [0.1, 0.15) is 0 Å². The van der Waals surface area contributed by atoms with E-state index in [1.54, 1.807) is 0 Å². The van der Waals surface area contributed by atoms with E-state index in [4.69, 9.17) is 0 Å². The summed E-state index contributed by atoms with van der Waals surface area (Å²) in [4.78, 5) is 14.4. The molecule has 18 heavy (non-hydrogen) atoms. The third-order valence-corrected chi connectivity index (χ3v) is 3.58. The summed E-state index contributed by atoms with van der Waals surface area (Å²) >= 11 is 0. The lowest BCUT2D eigenvalue weighted by Gasteiger charge is -2.33. The molecule has 1 aromatic carbocycles. The van der Waals surface area contributed by atoms with E-state index < -0.39 is 0 Å². The number of piperidine rings is 1. The van der Waals surface area contributed by atoms with Crippen LogP contribution in [0, 0.1) is 0 Å². The lowest BCUT2D eigenvalue weighted by atomic mass is 10.0. The summed E-state index contributed by atoms with van der Waals surface area (Å²) in [5.74, 6) is 0.186. The maximum atomic E-state index is 12.4. The molecule has 1 fully saturated rings. The predicted octanol–water partition coefficient (Wildman–Crippen LogP) is 3.49. The number of likely N-dealkylation sites (tertiary alicyclic amines) is 1. The molecule has 0 bridgehead atoms. The largest absolute Gasteiger partial charge is 0.336 e. The quantitative estimate of drug-likeness (QED) is 0.728. The topological polar surface area (TPSA) is 20.3 Å². The third-order valence-electron chi connectivity index (χ3n) is 3.58. The van der Waals surface area contributed by atoms with E-state index in [-0.39, 0.29) is 5.91 Å². The van der Waals surface area contributed by atoms with Crippen LogP contribution in [0.25, 0.3) is 6.08 Å². The number of hydrogen-bond donors (Lipinski definition) is 0. The van der Waals surface area contributed by atoms with Gasteiger partial charge in [-0.3, -0.25) is 4.79 Å². The molecule has 1 aromatic rings. The highest BCUT2D eigenvalue weighted by molar-refractivity contribution is 5.97. The summed E-state index contributed by atoms with van der Waals surface area (Å²) in [7, 11) is 0. The zero-order chi connectivity index (χ0) is 13.0. The molecule has 1 atom stereocenters. The van der Waals surface area contributed by atoms with Gasteiger partial charge in [0.2, 0.25) is 5.91 Å². The average molecular weight is 243 g/mol. The average Bonchev–Trinajstić information content (AvgIpc) is 2.39. The van der Waals surface area contributed by atoms with Gasteiger partial charge in [-0.25, -0.2) is 0 Å². The summed E-state index contributed by atoms with van der Waals surface area (Å²) in [5.41, 5.74) is 1.92. The van der Waals surface area contributed by atoms with E-state index in [9.17, 15) is 4.79 Å². The number of hydrogen-bond acceptors (Lipinski definition) is 1. The number of nitrogens with zero attached hydrogens (tertiary/aromatic N) is 1. The molecule has 1 heterocycles. The minimum Gasteiger partial charge on any atom is -0.336 e. The van der Waals surface area contributed by atoms with E-state index in [0.717, 1.165) is 30.5 Å². The van der Waals surface area contributed by atoms with Gasteiger partial charge >= 0.3 is 0 Å². The molecule has 0 aromatic heterocycles. The van der Waals surface area contributed by atoms with Gasteiger partial charge in [-0.05, 0) is 44.7 Å². The number of carbonyl (C=O) groups excluding carboxylic acids is 1. The van der Waals surface area contributed by atoms with Crippen molar-refractivity contribution in [2.45, 2.75) is 39.2 Å². The van der Waals surface area contributed by atoms with Crippen LogP contribution in [0.5, 0.6) is 0 Å². The van der Waals surface area contributed by atoms with Crippen molar-refractivity contribution in [3.63, 3.8) is 0 Å². The first kappa shape index (κ1) is 12.9. The van der Waals surface area contributed by atoms with Crippen molar-refractivity contribution in [2.75, 3.05) is 6.54 Å². The molecule has 2 heteroatoms. The molecule has 2 rings (SSSR count). The normalized spacial score (nSPS) is 20.9. The summed E-state index contributed by atoms with van der Waals surface area (Å²) in [6.45, 7) is 4.96. The Labute approximate surface area is 109 Å². The molecule has 2 nitrogen and oxygen atoms in total. The molecule has 0 saturated carbocycles. The molecular weight excluding hydrogens is 222 g/mol. The van der Waals surface area contributed by atoms with Crippen molar-refractivity contribution in [2.24, 2.45) is 0 Å². The van der Waals surface area contributed by atoms with Gasteiger partial charge in [0.25, 0.3) is 0 Å². The fourth-order valence-electron chi connectivity index (χ4n) is 2.49. The van der Waals surface area contributed by atoms with Crippen molar-refractivity contribution in [1.82, 2.24) is 4.90 Å². The Kier molecular flexibility index (Phi) is 4.19. The summed E-state index contributed by atoms with van der Waals surface area (Å²) in [6.07, 6.45) is 5.48. The highest BCUT2D eigenvalue weighted by atomic mass is 16.2. The van der Waals surface area contributed by atoms with Crippen LogP contribution < -0.4 is 0 Å². The van der Waals surface area contributed by atoms with Crippen molar-refractivity contribution in [3.8, 4) is 0 Å². The van der Waals surface area contributed by atoms with Gasteiger partial charge in [-0.1, -0.05) is 30.3 Å². The molecule has 1 amide bonds. The van der Waals surface area contributed by atoms with Crippen molar-refractivity contribution in [3.05, 3.63) is 41.5 Å². The standard InChI is InChI=1S/C16H21NO/c1-13(12-15-9-4-3-5-10-15)16(18)17-11-7-6-8-14(17)2/h3-5,9-10,12,14H,6-8,11H2,1-2H3/b13-12+. The van der Waals surface area contributed by atoms with Crippen molar-refractivity contribution >= 4 is 12.0 Å². The Morgan fingerprint density at radius 2 is 2.00 bits per heavy atom. The molecular formula is C16H21NO. The van der Waals surface area contributed by atoms with E-state index in [2.05, 4.69) is 6.92 Å². The minimum absolute atomic E-state index is 0.186. The first-order valence-corrected chi connectivity index (χ1v) is 6.73. The first-order valence-electron chi connectivity index (χ1n) is 6.73. The summed E-state index contributed by atoms with van der Waals surface area (Å²) in [6, 6.07) is 10.4. The van der Waals surface area contributed by atoms with E-state index in [0.29, 0.717) is 6.04 Å². The molecule has 1 aliphatic rings. The molecule has 0 radical (unpaired) electrons. The summed E-state index contributed by atoms with van der Waals surface area (Å²) < 4.78 is 0. The van der Waals surface area contributed by atoms with Gasteiger partial charge in [0.15, 0.2) is 0 Å². The summed E-state index contributed by atoms with van der Waals surface area (Å²) in [5, 5.41) is 0. The number of amides is 1. The smallest absolute Gasteiger partial charge is 0.249 e. The fraction of sp³-hybridized carbons (Fsp3) is 0.438. The van der Waals surface area contributed by atoms with Gasteiger partial charge in [0, 0.05) is 18.2 Å². The Hall–Kier alpha value is -1.57. The molecule has 1 unspecified atom stereocenters. The Morgan fingerprint density at radius 1 is 1.28 bits per heavy atom. The van der Waals surface area contributed by atoms with Crippen molar-refractivity contribution < 1.29 is 4.79 Å². The highest BCUT2D eigenvalue weighted by Crippen LogP contribution is 2.19. The first-order chi connectivity index (χ1) is 8.68. The lowest BCUT2D eigenvalue weighted by Crippen LogP contribution is -2.42. The second kappa shape index (κ2) is 5.85. The maximum Gasteiger partial charge on any atom is 0.249 e. The third kappa shape index (κ3) is 3.00. The second-order valence-electron chi connectivity index (χ2n) is 5.08. The van der Waals surface area contributed by atoms with Crippen LogP contribution in [0.3, 0.4) is 0 Å². The van der Waals surface area contributed by atoms with E-state index >= 15 is 0 Å². The zero-order valence-corrected chi connectivity index (χ0v) is 11.2. The SMILES string of the molecule is C/C(=C\c1ccccc1)C(=O)N1CCCCC1C. The number of rotatable bonds is 2. The lowest BCUT2D eigenvalue weighted by molar-refractivity contribution is -0.130. The van der Waals surface area contributed by atoms with Crippen LogP contribution in [-0.2, 0) is 4.79 Å². The second-order valence-corrected chi connectivity index (χ2v) is 5.08. The maximum absolute atomic E-state index is 12.4. The van der Waals surface area contributed by atoms with Crippen LogP contribution in [-0.4, -0.2) is 23.4 Å². The van der Waals surface area contributed by atoms with Crippen LogP contribution in [0.2, 0.25) is 0 Å². The van der Waals surface area contributed by atoms with Gasteiger partial charge in [-0.2, -0.15) is 0 Å². The molecule has 0 spiro atoms. The van der Waals surface area contributed by atoms with Crippen molar-refractivity contribution in [1.29, 1.82) is 0 Å². The van der Waals surface area contributed by atoms with Gasteiger partial charge in [-0.15, -0.1) is 0 Å². The molecule has 96 valence electrons. The fourth-order valence-corrected chi connectivity index (χ4v) is 2.49. The molecule has 0 N–H and O–H groups in total. The predicted molar refractivity (Wildman–Crippen MR) is 75.1 cm³/mol. The number of benzene rings is 1. The minimum atomic E-state index is 0.186. The molecule has 0 aliphatic carbocycles. The van der Waals surface area contributed by atoms with Crippen LogP contribution in [0.4, 0.5) is 0 Å². The van der Waals surface area contributed by atoms with E-state index in [1.807, 2.05) is 48.2 Å². The van der Waals surface area contributed by atoms with Crippen LogP contribution in [0.1, 0.15) is 38.7 Å². The Morgan fingerprint density at radius 3 is 2.67 bits per heavy atom. The Bertz CT molecular complexity index is 436. The van der Waals surface area contributed by atoms with Crippen LogP contribution >= 0.6 is 0 Å². The Balaban J connectivity index is 2.11. The van der Waals surface area contributed by atoms with Gasteiger partial charge in [0.05, 0.1) is 0 Å². The van der Waals surface area contributed by atoms with Gasteiger partial charge < -0.3 is 4.90 Å². The zero-order valence-electron chi connectivity index (χ0n) is 11.2. The van der Waals surface area contributed by atoms with E-state index in [1.165, 1.54) is 6.42 Å². The van der Waals surface area contributed by atoms with Crippen LogP contribution in [0.15, 0.2) is 35.9 Å².